The molecule has 4 nitrogen and oxygen atoms in total. The van der Waals surface area contributed by atoms with E-state index in [1.807, 2.05) is 12.1 Å². The van der Waals surface area contributed by atoms with Gasteiger partial charge in [0.2, 0.25) is 0 Å². The van der Waals surface area contributed by atoms with Crippen molar-refractivity contribution >= 4 is 22.4 Å². The molecule has 0 amide bonds. The molecule has 0 fully saturated rings. The van der Waals surface area contributed by atoms with Crippen molar-refractivity contribution in [3.05, 3.63) is 54.1 Å². The Labute approximate surface area is 122 Å². The van der Waals surface area contributed by atoms with Crippen LogP contribution in [0, 0.1) is 6.92 Å². The minimum absolute atomic E-state index is 0.633. The van der Waals surface area contributed by atoms with Crippen molar-refractivity contribution in [1.82, 2.24) is 0 Å². The lowest BCUT2D eigenvalue weighted by molar-refractivity contribution is 0.684. The van der Waals surface area contributed by atoms with Gasteiger partial charge in [0.05, 0.1) is 4.90 Å². The molecular formula is C15H19N3OS. The van der Waals surface area contributed by atoms with Crippen LogP contribution in [0.25, 0.3) is 0 Å². The van der Waals surface area contributed by atoms with Crippen LogP contribution in [0.1, 0.15) is 5.56 Å². The molecule has 0 saturated carbocycles. The maximum Gasteiger partial charge on any atom is 0.122 e. The topological polar surface area (TPSA) is 67.2 Å². The molecule has 0 aliphatic heterocycles. The average Bonchev–Trinajstić information content (AvgIpc) is 2.46. The number of aryl methyl sites for hydroxylation is 1. The molecule has 106 valence electrons. The SMILES string of the molecule is Cc1ccc(NCCNc2ccc(S(N)=O)cc2)cc1. The lowest BCUT2D eigenvalue weighted by Gasteiger charge is -2.09. The van der Waals surface area contributed by atoms with Gasteiger partial charge in [-0.25, -0.2) is 9.35 Å². The van der Waals surface area contributed by atoms with Crippen LogP contribution in [0.4, 0.5) is 11.4 Å². The number of hydrogen-bond acceptors (Lipinski definition) is 3. The number of benzene rings is 2. The van der Waals surface area contributed by atoms with E-state index in [1.54, 1.807) is 12.1 Å². The van der Waals surface area contributed by atoms with Crippen LogP contribution in [0.15, 0.2) is 53.4 Å². The van der Waals surface area contributed by atoms with Gasteiger partial charge in [-0.05, 0) is 43.3 Å². The zero-order valence-electron chi connectivity index (χ0n) is 11.4. The Morgan fingerprint density at radius 3 is 1.80 bits per heavy atom. The van der Waals surface area contributed by atoms with Crippen LogP contribution in [0.2, 0.25) is 0 Å². The number of anilines is 2. The molecule has 0 spiro atoms. The molecular weight excluding hydrogens is 270 g/mol. The molecule has 0 aliphatic carbocycles. The summed E-state index contributed by atoms with van der Waals surface area (Å²) in [4.78, 5) is 0.633. The van der Waals surface area contributed by atoms with Crippen molar-refractivity contribution in [2.45, 2.75) is 11.8 Å². The van der Waals surface area contributed by atoms with Gasteiger partial charge in [0.25, 0.3) is 0 Å². The van der Waals surface area contributed by atoms with E-state index in [9.17, 15) is 4.21 Å². The predicted molar refractivity (Wildman–Crippen MR) is 85.2 cm³/mol. The van der Waals surface area contributed by atoms with Crippen LogP contribution in [-0.2, 0) is 11.0 Å². The molecule has 2 rings (SSSR count). The molecule has 1 unspecified atom stereocenters. The normalized spacial score (nSPS) is 11.9. The van der Waals surface area contributed by atoms with Crippen molar-refractivity contribution in [2.75, 3.05) is 23.7 Å². The Balaban J connectivity index is 1.75. The van der Waals surface area contributed by atoms with E-state index in [0.717, 1.165) is 24.5 Å². The van der Waals surface area contributed by atoms with Gasteiger partial charge in [-0.1, -0.05) is 17.7 Å². The highest BCUT2D eigenvalue weighted by Gasteiger charge is 1.97. The lowest BCUT2D eigenvalue weighted by atomic mass is 10.2. The van der Waals surface area contributed by atoms with Crippen molar-refractivity contribution in [2.24, 2.45) is 5.14 Å². The summed E-state index contributed by atoms with van der Waals surface area (Å²) in [5.41, 5.74) is 3.36. The number of rotatable bonds is 6. The van der Waals surface area contributed by atoms with Gasteiger partial charge in [0.1, 0.15) is 11.0 Å². The van der Waals surface area contributed by atoms with Gasteiger partial charge in [0.15, 0.2) is 0 Å². The highest BCUT2D eigenvalue weighted by molar-refractivity contribution is 7.82. The fraction of sp³-hybridized carbons (Fsp3) is 0.200. The Morgan fingerprint density at radius 2 is 1.35 bits per heavy atom. The van der Waals surface area contributed by atoms with E-state index < -0.39 is 11.0 Å². The van der Waals surface area contributed by atoms with Crippen LogP contribution in [0.3, 0.4) is 0 Å². The molecule has 5 heteroatoms. The molecule has 0 aromatic heterocycles. The van der Waals surface area contributed by atoms with Gasteiger partial charge in [0, 0.05) is 24.5 Å². The maximum atomic E-state index is 11.1. The largest absolute Gasteiger partial charge is 0.383 e. The molecule has 0 bridgehead atoms. The average molecular weight is 289 g/mol. The first-order valence-electron chi connectivity index (χ1n) is 6.46. The second-order valence-electron chi connectivity index (χ2n) is 4.54. The van der Waals surface area contributed by atoms with Gasteiger partial charge in [-0.3, -0.25) is 0 Å². The Morgan fingerprint density at radius 1 is 0.900 bits per heavy atom. The van der Waals surface area contributed by atoms with E-state index in [0.29, 0.717) is 4.90 Å². The summed E-state index contributed by atoms with van der Waals surface area (Å²) in [5.74, 6) is 0. The molecule has 0 aliphatic rings. The standard InChI is InChI=1S/C15H19N3OS/c1-12-2-4-13(5-3-12)17-10-11-18-14-6-8-15(9-7-14)20(16)19/h2-9,17-18H,10-11,16H2,1H3. The van der Waals surface area contributed by atoms with E-state index >= 15 is 0 Å². The summed E-state index contributed by atoms with van der Waals surface area (Å²) in [5, 5.41) is 11.9. The number of hydrogen-bond donors (Lipinski definition) is 3. The summed E-state index contributed by atoms with van der Waals surface area (Å²) < 4.78 is 11.1. The van der Waals surface area contributed by atoms with Crippen LogP contribution >= 0.6 is 0 Å². The fourth-order valence-corrected chi connectivity index (χ4v) is 2.20. The molecule has 4 N–H and O–H groups in total. The number of nitrogens with two attached hydrogens (primary N) is 1. The first-order valence-corrected chi connectivity index (χ1v) is 7.67. The van der Waals surface area contributed by atoms with Crippen LogP contribution in [0.5, 0.6) is 0 Å². The van der Waals surface area contributed by atoms with Crippen LogP contribution in [-0.4, -0.2) is 17.3 Å². The van der Waals surface area contributed by atoms with E-state index in [2.05, 4.69) is 41.8 Å². The van der Waals surface area contributed by atoms with Crippen molar-refractivity contribution in [1.29, 1.82) is 0 Å². The van der Waals surface area contributed by atoms with E-state index in [-0.39, 0.29) is 0 Å². The lowest BCUT2D eigenvalue weighted by Crippen LogP contribution is -2.13. The third-order valence-corrected chi connectivity index (χ3v) is 3.66. The molecule has 0 radical (unpaired) electrons. The molecule has 0 saturated heterocycles. The minimum Gasteiger partial charge on any atom is -0.383 e. The Bertz CT molecular complexity index is 567. The molecule has 2 aromatic carbocycles. The summed E-state index contributed by atoms with van der Waals surface area (Å²) >= 11 is 0. The number of nitrogens with one attached hydrogen (secondary N) is 2. The van der Waals surface area contributed by atoms with Gasteiger partial charge in [-0.15, -0.1) is 0 Å². The molecule has 0 heterocycles. The summed E-state index contributed by atoms with van der Waals surface area (Å²) in [7, 11) is -1.41. The predicted octanol–water partition coefficient (Wildman–Crippen LogP) is 2.50. The van der Waals surface area contributed by atoms with E-state index in [1.165, 1.54) is 5.56 Å². The summed E-state index contributed by atoms with van der Waals surface area (Å²) in [6.45, 7) is 3.70. The first-order chi connectivity index (χ1) is 9.65. The van der Waals surface area contributed by atoms with Gasteiger partial charge in [-0.2, -0.15) is 0 Å². The zero-order valence-corrected chi connectivity index (χ0v) is 12.2. The van der Waals surface area contributed by atoms with Crippen LogP contribution < -0.4 is 15.8 Å². The zero-order chi connectivity index (χ0) is 14.4. The molecule has 20 heavy (non-hydrogen) atoms. The quantitative estimate of drug-likeness (QED) is 0.716. The van der Waals surface area contributed by atoms with Gasteiger partial charge >= 0.3 is 0 Å². The third-order valence-electron chi connectivity index (χ3n) is 2.92. The highest BCUT2D eigenvalue weighted by atomic mass is 32.2. The van der Waals surface area contributed by atoms with Crippen molar-refractivity contribution in [3.63, 3.8) is 0 Å². The van der Waals surface area contributed by atoms with Gasteiger partial charge < -0.3 is 10.6 Å². The van der Waals surface area contributed by atoms with Crippen molar-refractivity contribution < 1.29 is 4.21 Å². The maximum absolute atomic E-state index is 11.1. The molecule has 2 aromatic rings. The molecule has 1 atom stereocenters. The minimum atomic E-state index is -1.41. The second kappa shape index (κ2) is 7.07. The summed E-state index contributed by atoms with van der Waals surface area (Å²) in [6.07, 6.45) is 0. The third kappa shape index (κ3) is 4.36. The Hall–Kier alpha value is -1.85. The highest BCUT2D eigenvalue weighted by Crippen LogP contribution is 2.11. The smallest absolute Gasteiger partial charge is 0.122 e. The summed E-state index contributed by atoms with van der Waals surface area (Å²) in [6, 6.07) is 15.6. The monoisotopic (exact) mass is 289 g/mol. The Kier molecular flexibility index (Phi) is 5.15. The van der Waals surface area contributed by atoms with Crippen molar-refractivity contribution in [3.8, 4) is 0 Å². The fourth-order valence-electron chi connectivity index (χ4n) is 1.79. The first kappa shape index (κ1) is 14.6. The second-order valence-corrected chi connectivity index (χ2v) is 5.61. The van der Waals surface area contributed by atoms with E-state index in [4.69, 9.17) is 5.14 Å².